The van der Waals surface area contributed by atoms with E-state index in [0.29, 0.717) is 12.6 Å². The third-order valence-electron chi connectivity index (χ3n) is 4.03. The lowest BCUT2D eigenvalue weighted by atomic mass is 10.3. The van der Waals surface area contributed by atoms with E-state index in [1.54, 1.807) is 6.26 Å². The molecule has 2 heterocycles. The highest BCUT2D eigenvalue weighted by molar-refractivity contribution is 5.78. The molecule has 20 heavy (non-hydrogen) atoms. The van der Waals surface area contributed by atoms with Gasteiger partial charge in [0.15, 0.2) is 0 Å². The molecule has 1 amide bonds. The van der Waals surface area contributed by atoms with Crippen LogP contribution in [0.3, 0.4) is 0 Å². The molecule has 1 saturated heterocycles. The molecule has 2 aliphatic rings. The third-order valence-corrected chi connectivity index (χ3v) is 4.03. The molecular weight excluding hydrogens is 254 g/mol. The van der Waals surface area contributed by atoms with Crippen LogP contribution in [0.15, 0.2) is 22.8 Å². The molecule has 0 spiro atoms. The molecule has 0 radical (unpaired) electrons. The average Bonchev–Trinajstić information content (AvgIpc) is 3.23. The number of carbonyl (C=O) groups is 1. The molecule has 1 aromatic heterocycles. The summed E-state index contributed by atoms with van der Waals surface area (Å²) in [6, 6.07) is 4.45. The van der Waals surface area contributed by atoms with Gasteiger partial charge in [-0.1, -0.05) is 0 Å². The SMILES string of the molecule is O=C(CN(Cc1ccco1)C1CC1)N1CCCNCC1. The predicted molar refractivity (Wildman–Crippen MR) is 76.2 cm³/mol. The molecule has 0 aromatic carbocycles. The van der Waals surface area contributed by atoms with Gasteiger partial charge in [-0.25, -0.2) is 0 Å². The summed E-state index contributed by atoms with van der Waals surface area (Å²) in [7, 11) is 0. The Bertz CT molecular complexity index is 420. The van der Waals surface area contributed by atoms with Crippen molar-refractivity contribution in [1.29, 1.82) is 0 Å². The maximum atomic E-state index is 12.4. The Morgan fingerprint density at radius 2 is 2.30 bits per heavy atom. The molecule has 110 valence electrons. The predicted octanol–water partition coefficient (Wildman–Crippen LogP) is 1.07. The van der Waals surface area contributed by atoms with Crippen LogP contribution in [0.1, 0.15) is 25.0 Å². The number of furan rings is 1. The van der Waals surface area contributed by atoms with Crippen LogP contribution in [0.4, 0.5) is 0 Å². The number of rotatable bonds is 5. The van der Waals surface area contributed by atoms with E-state index in [1.165, 1.54) is 12.8 Å². The van der Waals surface area contributed by atoms with Crippen molar-refractivity contribution >= 4 is 5.91 Å². The molecule has 0 atom stereocenters. The number of hydrogen-bond donors (Lipinski definition) is 1. The molecule has 2 fully saturated rings. The molecular formula is C15H23N3O2. The van der Waals surface area contributed by atoms with Crippen molar-refractivity contribution in [2.45, 2.75) is 31.8 Å². The molecule has 3 rings (SSSR count). The minimum Gasteiger partial charge on any atom is -0.468 e. The highest BCUT2D eigenvalue weighted by Crippen LogP contribution is 2.28. The van der Waals surface area contributed by atoms with E-state index in [-0.39, 0.29) is 5.91 Å². The number of carbonyl (C=O) groups excluding carboxylic acids is 1. The van der Waals surface area contributed by atoms with Crippen LogP contribution in [-0.4, -0.2) is 54.5 Å². The monoisotopic (exact) mass is 277 g/mol. The van der Waals surface area contributed by atoms with Gasteiger partial charge in [0.25, 0.3) is 0 Å². The zero-order valence-corrected chi connectivity index (χ0v) is 11.9. The van der Waals surface area contributed by atoms with Crippen LogP contribution < -0.4 is 5.32 Å². The molecule has 1 saturated carbocycles. The van der Waals surface area contributed by atoms with E-state index in [0.717, 1.165) is 44.9 Å². The first-order chi connectivity index (χ1) is 9.83. The van der Waals surface area contributed by atoms with Gasteiger partial charge in [0, 0.05) is 25.7 Å². The topological polar surface area (TPSA) is 48.7 Å². The summed E-state index contributed by atoms with van der Waals surface area (Å²) in [4.78, 5) is 16.7. The molecule has 0 unspecified atom stereocenters. The summed E-state index contributed by atoms with van der Waals surface area (Å²) < 4.78 is 5.41. The quantitative estimate of drug-likeness (QED) is 0.874. The standard InChI is InChI=1S/C15H23N3O2/c19-15(17-8-2-6-16-7-9-17)12-18(13-4-5-13)11-14-3-1-10-20-14/h1,3,10,13,16H,2,4-9,11-12H2. The fraction of sp³-hybridized carbons (Fsp3) is 0.667. The van der Waals surface area contributed by atoms with Gasteiger partial charge < -0.3 is 14.6 Å². The molecule has 1 aromatic rings. The maximum absolute atomic E-state index is 12.4. The highest BCUT2D eigenvalue weighted by Gasteiger charge is 2.31. The Hall–Kier alpha value is -1.33. The van der Waals surface area contributed by atoms with Crippen LogP contribution in [-0.2, 0) is 11.3 Å². The van der Waals surface area contributed by atoms with Crippen molar-refractivity contribution in [3.8, 4) is 0 Å². The Morgan fingerprint density at radius 3 is 3.05 bits per heavy atom. The first-order valence-electron chi connectivity index (χ1n) is 7.58. The van der Waals surface area contributed by atoms with Crippen LogP contribution in [0.5, 0.6) is 0 Å². The van der Waals surface area contributed by atoms with Crippen molar-refractivity contribution in [1.82, 2.24) is 15.1 Å². The number of amides is 1. The first kappa shape index (κ1) is 13.6. The first-order valence-corrected chi connectivity index (χ1v) is 7.58. The molecule has 5 heteroatoms. The van der Waals surface area contributed by atoms with E-state index in [4.69, 9.17) is 4.42 Å². The second-order valence-corrected chi connectivity index (χ2v) is 5.70. The van der Waals surface area contributed by atoms with Crippen molar-refractivity contribution in [2.24, 2.45) is 0 Å². The van der Waals surface area contributed by atoms with Gasteiger partial charge in [-0.05, 0) is 37.9 Å². The fourth-order valence-electron chi connectivity index (χ4n) is 2.73. The van der Waals surface area contributed by atoms with Crippen molar-refractivity contribution in [3.63, 3.8) is 0 Å². The summed E-state index contributed by atoms with van der Waals surface area (Å²) in [5, 5.41) is 3.33. The molecule has 0 bridgehead atoms. The summed E-state index contributed by atoms with van der Waals surface area (Å²) in [6.45, 7) is 4.90. The Labute approximate surface area is 119 Å². The Kier molecular flexibility index (Phi) is 4.38. The number of nitrogens with one attached hydrogen (secondary N) is 1. The van der Waals surface area contributed by atoms with Crippen molar-refractivity contribution in [2.75, 3.05) is 32.7 Å². The van der Waals surface area contributed by atoms with Crippen molar-refractivity contribution < 1.29 is 9.21 Å². The summed E-state index contributed by atoms with van der Waals surface area (Å²) >= 11 is 0. The zero-order chi connectivity index (χ0) is 13.8. The maximum Gasteiger partial charge on any atom is 0.236 e. The number of nitrogens with zero attached hydrogens (tertiary/aromatic N) is 2. The normalized spacial score (nSPS) is 20.1. The van der Waals surface area contributed by atoms with Crippen LogP contribution in [0.25, 0.3) is 0 Å². The minimum atomic E-state index is 0.257. The molecule has 1 N–H and O–H groups in total. The lowest BCUT2D eigenvalue weighted by Crippen LogP contribution is -2.42. The number of hydrogen-bond acceptors (Lipinski definition) is 4. The van der Waals surface area contributed by atoms with Crippen LogP contribution in [0, 0.1) is 0 Å². The van der Waals surface area contributed by atoms with E-state index >= 15 is 0 Å². The van der Waals surface area contributed by atoms with Crippen molar-refractivity contribution in [3.05, 3.63) is 24.2 Å². The van der Waals surface area contributed by atoms with Gasteiger partial charge in [-0.3, -0.25) is 9.69 Å². The smallest absolute Gasteiger partial charge is 0.236 e. The third kappa shape index (κ3) is 3.61. The second-order valence-electron chi connectivity index (χ2n) is 5.70. The summed E-state index contributed by atoms with van der Waals surface area (Å²) in [5.74, 6) is 1.20. The van der Waals surface area contributed by atoms with E-state index in [9.17, 15) is 4.79 Å². The zero-order valence-electron chi connectivity index (χ0n) is 11.9. The van der Waals surface area contributed by atoms with Crippen LogP contribution in [0.2, 0.25) is 0 Å². The average molecular weight is 277 g/mol. The lowest BCUT2D eigenvalue weighted by Gasteiger charge is -2.25. The summed E-state index contributed by atoms with van der Waals surface area (Å²) in [6.07, 6.45) is 5.15. The minimum absolute atomic E-state index is 0.257. The largest absolute Gasteiger partial charge is 0.468 e. The second kappa shape index (κ2) is 6.41. The molecule has 1 aliphatic carbocycles. The summed E-state index contributed by atoms with van der Waals surface area (Å²) in [5.41, 5.74) is 0. The van der Waals surface area contributed by atoms with Gasteiger partial charge in [0.2, 0.25) is 5.91 Å². The van der Waals surface area contributed by atoms with Crippen LogP contribution >= 0.6 is 0 Å². The van der Waals surface area contributed by atoms with Gasteiger partial charge in [0.1, 0.15) is 5.76 Å². The van der Waals surface area contributed by atoms with Gasteiger partial charge in [-0.2, -0.15) is 0 Å². The van der Waals surface area contributed by atoms with E-state index < -0.39 is 0 Å². The molecule has 1 aliphatic heterocycles. The fourth-order valence-corrected chi connectivity index (χ4v) is 2.73. The lowest BCUT2D eigenvalue weighted by molar-refractivity contribution is -0.132. The van der Waals surface area contributed by atoms with E-state index in [1.807, 2.05) is 17.0 Å². The Morgan fingerprint density at radius 1 is 1.40 bits per heavy atom. The van der Waals surface area contributed by atoms with E-state index in [2.05, 4.69) is 10.2 Å². The molecule has 5 nitrogen and oxygen atoms in total. The Balaban J connectivity index is 1.56. The highest BCUT2D eigenvalue weighted by atomic mass is 16.3. The van der Waals surface area contributed by atoms with Gasteiger partial charge in [-0.15, -0.1) is 0 Å². The van der Waals surface area contributed by atoms with Gasteiger partial charge >= 0.3 is 0 Å². The van der Waals surface area contributed by atoms with Gasteiger partial charge in [0.05, 0.1) is 19.4 Å².